The first-order valence-electron chi connectivity index (χ1n) is 6.58. The minimum atomic E-state index is -3.44. The molecule has 7 heteroatoms. The van der Waals surface area contributed by atoms with Crippen molar-refractivity contribution in [1.29, 1.82) is 0 Å². The lowest BCUT2D eigenvalue weighted by atomic mass is 9.86. The third-order valence-corrected chi connectivity index (χ3v) is 4.66. The van der Waals surface area contributed by atoms with Crippen LogP contribution >= 0.6 is 0 Å². The second kappa shape index (κ2) is 5.22. The van der Waals surface area contributed by atoms with E-state index in [0.29, 0.717) is 11.4 Å². The maximum absolute atomic E-state index is 11.9. The van der Waals surface area contributed by atoms with Crippen LogP contribution in [0, 0.1) is 5.41 Å². The van der Waals surface area contributed by atoms with Crippen molar-refractivity contribution in [2.24, 2.45) is 5.41 Å². The molecule has 0 amide bonds. The molecule has 0 aliphatic carbocycles. The topological polar surface area (TPSA) is 83.9 Å². The highest BCUT2D eigenvalue weighted by Gasteiger charge is 2.37. The molecular weight excluding hydrogens is 294 g/mol. The standard InChI is InChI=1S/C14H19NO5S/c1-14(2,13(16)17)8-10-9-15(21(3,18)19)11-6-4-5-7-12(11)20-10/h4-7,10H,8-9H2,1-3H3,(H,16,17)/t10-/m0/s1. The van der Waals surface area contributed by atoms with E-state index in [1.165, 1.54) is 4.31 Å². The van der Waals surface area contributed by atoms with Crippen molar-refractivity contribution < 1.29 is 23.1 Å². The Morgan fingerprint density at radius 2 is 2.05 bits per heavy atom. The fourth-order valence-electron chi connectivity index (χ4n) is 2.34. The maximum atomic E-state index is 11.9. The molecule has 0 saturated heterocycles. The zero-order chi connectivity index (χ0) is 15.8. The molecule has 6 nitrogen and oxygen atoms in total. The molecule has 1 atom stereocenters. The molecule has 0 unspecified atom stereocenters. The van der Waals surface area contributed by atoms with Crippen LogP contribution in [-0.2, 0) is 14.8 Å². The van der Waals surface area contributed by atoms with Gasteiger partial charge in [0.15, 0.2) is 0 Å². The zero-order valence-electron chi connectivity index (χ0n) is 12.2. The monoisotopic (exact) mass is 313 g/mol. The van der Waals surface area contributed by atoms with Crippen LogP contribution in [0.5, 0.6) is 5.75 Å². The van der Waals surface area contributed by atoms with Crippen LogP contribution in [0.15, 0.2) is 24.3 Å². The number of para-hydroxylation sites is 2. The van der Waals surface area contributed by atoms with Crippen molar-refractivity contribution >= 4 is 21.7 Å². The molecule has 116 valence electrons. The summed E-state index contributed by atoms with van der Waals surface area (Å²) in [6.45, 7) is 3.32. The first kappa shape index (κ1) is 15.6. The molecule has 0 aromatic heterocycles. The number of anilines is 1. The number of sulfonamides is 1. The molecule has 1 aliphatic rings. The molecule has 0 radical (unpaired) electrons. The fraction of sp³-hybridized carbons (Fsp3) is 0.500. The number of fused-ring (bicyclic) bond motifs is 1. The van der Waals surface area contributed by atoms with Crippen LogP contribution in [0.1, 0.15) is 20.3 Å². The number of aliphatic carboxylic acids is 1. The number of carboxylic acid groups (broad SMARTS) is 1. The molecule has 0 fully saturated rings. The summed E-state index contributed by atoms with van der Waals surface area (Å²) in [6, 6.07) is 6.86. The summed E-state index contributed by atoms with van der Waals surface area (Å²) in [6.07, 6.45) is 0.859. The van der Waals surface area contributed by atoms with Crippen LogP contribution in [0.4, 0.5) is 5.69 Å². The predicted octanol–water partition coefficient (Wildman–Crippen LogP) is 1.71. The normalized spacial score (nSPS) is 18.8. The van der Waals surface area contributed by atoms with E-state index in [4.69, 9.17) is 4.74 Å². The summed E-state index contributed by atoms with van der Waals surface area (Å²) >= 11 is 0. The molecule has 0 bridgehead atoms. The van der Waals surface area contributed by atoms with Gasteiger partial charge in [0.1, 0.15) is 11.9 Å². The summed E-state index contributed by atoms with van der Waals surface area (Å²) in [5.41, 5.74) is -0.496. The van der Waals surface area contributed by atoms with Crippen molar-refractivity contribution in [3.63, 3.8) is 0 Å². The molecule has 1 aromatic rings. The van der Waals surface area contributed by atoms with Crippen LogP contribution < -0.4 is 9.04 Å². The van der Waals surface area contributed by atoms with Gasteiger partial charge in [-0.2, -0.15) is 0 Å². The van der Waals surface area contributed by atoms with E-state index in [1.54, 1.807) is 38.1 Å². The predicted molar refractivity (Wildman–Crippen MR) is 79.1 cm³/mol. The largest absolute Gasteiger partial charge is 0.486 e. The van der Waals surface area contributed by atoms with Gasteiger partial charge < -0.3 is 9.84 Å². The number of carbonyl (C=O) groups is 1. The summed E-state index contributed by atoms with van der Waals surface area (Å²) in [7, 11) is -3.44. The lowest BCUT2D eigenvalue weighted by molar-refractivity contribution is -0.148. The number of rotatable bonds is 4. The second-order valence-electron chi connectivity index (χ2n) is 5.89. The van der Waals surface area contributed by atoms with Crippen molar-refractivity contribution in [3.8, 4) is 5.75 Å². The van der Waals surface area contributed by atoms with Crippen LogP contribution in [0.2, 0.25) is 0 Å². The Morgan fingerprint density at radius 1 is 1.43 bits per heavy atom. The second-order valence-corrected chi connectivity index (χ2v) is 7.80. The van der Waals surface area contributed by atoms with Crippen LogP contribution in [-0.4, -0.2) is 38.4 Å². The number of hydrogen-bond donors (Lipinski definition) is 1. The lowest BCUT2D eigenvalue weighted by Gasteiger charge is -2.36. The van der Waals surface area contributed by atoms with Gasteiger partial charge in [-0.3, -0.25) is 9.10 Å². The van der Waals surface area contributed by atoms with Gasteiger partial charge in [-0.15, -0.1) is 0 Å². The number of ether oxygens (including phenoxy) is 1. The Balaban J connectivity index is 2.33. The van der Waals surface area contributed by atoms with Crippen molar-refractivity contribution in [2.75, 3.05) is 17.1 Å². The molecule has 1 aliphatic heterocycles. The highest BCUT2D eigenvalue weighted by Crippen LogP contribution is 2.37. The average molecular weight is 313 g/mol. The molecule has 1 heterocycles. The Hall–Kier alpha value is -1.76. The maximum Gasteiger partial charge on any atom is 0.309 e. The molecule has 21 heavy (non-hydrogen) atoms. The minimum absolute atomic E-state index is 0.118. The number of hydrogen-bond acceptors (Lipinski definition) is 4. The van der Waals surface area contributed by atoms with Crippen molar-refractivity contribution in [3.05, 3.63) is 24.3 Å². The molecule has 1 aromatic carbocycles. The minimum Gasteiger partial charge on any atom is -0.486 e. The number of benzene rings is 1. The third-order valence-electron chi connectivity index (χ3n) is 3.51. The van der Waals surface area contributed by atoms with Gasteiger partial charge in [-0.05, 0) is 26.0 Å². The Kier molecular flexibility index (Phi) is 3.88. The Labute approximate surface area is 124 Å². The average Bonchev–Trinajstić information content (AvgIpc) is 2.36. The van der Waals surface area contributed by atoms with E-state index < -0.39 is 27.5 Å². The van der Waals surface area contributed by atoms with Gasteiger partial charge in [0.05, 0.1) is 23.9 Å². The molecule has 0 spiro atoms. The van der Waals surface area contributed by atoms with Gasteiger partial charge >= 0.3 is 5.97 Å². The van der Waals surface area contributed by atoms with E-state index in [2.05, 4.69) is 0 Å². The smallest absolute Gasteiger partial charge is 0.309 e. The van der Waals surface area contributed by atoms with Crippen molar-refractivity contribution in [1.82, 2.24) is 0 Å². The molecule has 1 N–H and O–H groups in total. The summed E-state index contributed by atoms with van der Waals surface area (Å²) < 4.78 is 30.9. The highest BCUT2D eigenvalue weighted by atomic mass is 32.2. The van der Waals surface area contributed by atoms with E-state index in [9.17, 15) is 18.3 Å². The van der Waals surface area contributed by atoms with Crippen LogP contribution in [0.25, 0.3) is 0 Å². The van der Waals surface area contributed by atoms with Gasteiger partial charge in [0.2, 0.25) is 10.0 Å². The third kappa shape index (κ3) is 3.29. The van der Waals surface area contributed by atoms with Gasteiger partial charge in [0.25, 0.3) is 0 Å². The fourth-order valence-corrected chi connectivity index (χ4v) is 3.28. The molecular formula is C14H19NO5S. The first-order valence-corrected chi connectivity index (χ1v) is 8.43. The van der Waals surface area contributed by atoms with E-state index >= 15 is 0 Å². The zero-order valence-corrected chi connectivity index (χ0v) is 13.1. The quantitative estimate of drug-likeness (QED) is 0.915. The molecule has 0 saturated carbocycles. The van der Waals surface area contributed by atoms with Crippen LogP contribution in [0.3, 0.4) is 0 Å². The Morgan fingerprint density at radius 3 is 2.62 bits per heavy atom. The first-order chi connectivity index (χ1) is 9.61. The van der Waals surface area contributed by atoms with E-state index in [0.717, 1.165) is 6.26 Å². The van der Waals surface area contributed by atoms with Gasteiger partial charge in [-0.25, -0.2) is 8.42 Å². The number of carboxylic acids is 1. The van der Waals surface area contributed by atoms with Gasteiger partial charge in [0, 0.05) is 6.42 Å². The summed E-state index contributed by atoms with van der Waals surface area (Å²) in [5.74, 6) is -0.476. The van der Waals surface area contributed by atoms with Gasteiger partial charge in [-0.1, -0.05) is 12.1 Å². The summed E-state index contributed by atoms with van der Waals surface area (Å²) in [4.78, 5) is 11.2. The molecule has 2 rings (SSSR count). The van der Waals surface area contributed by atoms with Crippen molar-refractivity contribution in [2.45, 2.75) is 26.4 Å². The SMILES string of the molecule is CC(C)(C[C@H]1CN(S(C)(=O)=O)c2ccccc2O1)C(=O)O. The highest BCUT2D eigenvalue weighted by molar-refractivity contribution is 7.92. The number of nitrogens with zero attached hydrogens (tertiary/aromatic N) is 1. The van der Waals surface area contributed by atoms with E-state index in [1.807, 2.05) is 0 Å². The lowest BCUT2D eigenvalue weighted by Crippen LogP contribution is -2.45. The van der Waals surface area contributed by atoms with E-state index in [-0.39, 0.29) is 13.0 Å². The Bertz CT molecular complexity index is 653. The summed E-state index contributed by atoms with van der Waals surface area (Å²) in [5, 5.41) is 9.21.